The summed E-state index contributed by atoms with van der Waals surface area (Å²) >= 11 is 0. The van der Waals surface area contributed by atoms with Gasteiger partial charge in [0.15, 0.2) is 0 Å². The van der Waals surface area contributed by atoms with Gasteiger partial charge in [-0.1, -0.05) is 19.3 Å². The number of rotatable bonds is 5. The molecule has 1 fully saturated rings. The number of carbonyl (C=O) groups is 1. The van der Waals surface area contributed by atoms with Gasteiger partial charge in [-0.25, -0.2) is 4.98 Å². The van der Waals surface area contributed by atoms with E-state index < -0.39 is 0 Å². The van der Waals surface area contributed by atoms with Gasteiger partial charge in [0.25, 0.3) is 0 Å². The molecule has 0 saturated heterocycles. The van der Waals surface area contributed by atoms with E-state index in [2.05, 4.69) is 10.3 Å². The van der Waals surface area contributed by atoms with Crippen LogP contribution in [-0.4, -0.2) is 21.8 Å². The molecule has 0 unspecified atom stereocenters. The largest absolute Gasteiger partial charge is 0.352 e. The van der Waals surface area contributed by atoms with Crippen LogP contribution < -0.4 is 11.1 Å². The minimum atomic E-state index is 0.0232. The standard InChI is InChI=1S/C17H24N4O/c18-13-17(5-2-1-3-6-17)11-16(22)20-12-14-4-8-21-9-7-19-15(21)10-14/h4,7-10H,1-3,5-6,11-13,18H2,(H,20,22). The topological polar surface area (TPSA) is 72.4 Å². The predicted octanol–water partition coefficient (Wildman–Crippen LogP) is 2.25. The maximum absolute atomic E-state index is 12.3. The number of imidazole rings is 1. The summed E-state index contributed by atoms with van der Waals surface area (Å²) in [4.78, 5) is 16.5. The van der Waals surface area contributed by atoms with Gasteiger partial charge in [0.2, 0.25) is 5.91 Å². The van der Waals surface area contributed by atoms with Gasteiger partial charge in [-0.15, -0.1) is 0 Å². The summed E-state index contributed by atoms with van der Waals surface area (Å²) in [5.41, 5.74) is 7.94. The number of nitrogens with one attached hydrogen (secondary N) is 1. The molecule has 118 valence electrons. The molecule has 1 saturated carbocycles. The average Bonchev–Trinajstić information content (AvgIpc) is 3.01. The van der Waals surface area contributed by atoms with Crippen molar-refractivity contribution in [2.45, 2.75) is 45.1 Å². The predicted molar refractivity (Wildman–Crippen MR) is 86.2 cm³/mol. The van der Waals surface area contributed by atoms with Crippen molar-refractivity contribution in [1.29, 1.82) is 0 Å². The molecule has 1 aliphatic rings. The second-order valence-electron chi connectivity index (χ2n) is 6.45. The minimum Gasteiger partial charge on any atom is -0.352 e. The molecular formula is C17H24N4O. The summed E-state index contributed by atoms with van der Waals surface area (Å²) in [6.45, 7) is 1.16. The molecular weight excluding hydrogens is 276 g/mol. The zero-order valence-corrected chi connectivity index (χ0v) is 12.9. The Morgan fingerprint density at radius 2 is 2.14 bits per heavy atom. The number of hydrogen-bond donors (Lipinski definition) is 2. The van der Waals surface area contributed by atoms with E-state index in [1.807, 2.05) is 28.9 Å². The molecule has 0 radical (unpaired) electrons. The van der Waals surface area contributed by atoms with E-state index in [1.165, 1.54) is 19.3 Å². The maximum Gasteiger partial charge on any atom is 0.220 e. The lowest BCUT2D eigenvalue weighted by molar-refractivity contribution is -0.124. The van der Waals surface area contributed by atoms with E-state index in [0.717, 1.165) is 24.1 Å². The van der Waals surface area contributed by atoms with Gasteiger partial charge in [0.1, 0.15) is 5.65 Å². The SMILES string of the molecule is NCC1(CC(=O)NCc2ccn3ccnc3c2)CCCCC1. The van der Waals surface area contributed by atoms with Crippen molar-refractivity contribution in [2.24, 2.45) is 11.1 Å². The fraction of sp³-hybridized carbons (Fsp3) is 0.529. The second kappa shape index (κ2) is 6.48. The van der Waals surface area contributed by atoms with Crippen LogP contribution in [0.5, 0.6) is 0 Å². The Morgan fingerprint density at radius 3 is 2.91 bits per heavy atom. The fourth-order valence-electron chi connectivity index (χ4n) is 3.42. The normalized spacial score (nSPS) is 17.5. The van der Waals surface area contributed by atoms with Crippen molar-refractivity contribution < 1.29 is 4.79 Å². The molecule has 2 heterocycles. The number of nitrogens with two attached hydrogens (primary N) is 1. The monoisotopic (exact) mass is 300 g/mol. The lowest BCUT2D eigenvalue weighted by atomic mass is 9.71. The van der Waals surface area contributed by atoms with E-state index in [-0.39, 0.29) is 11.3 Å². The van der Waals surface area contributed by atoms with Gasteiger partial charge in [0, 0.05) is 31.6 Å². The number of fused-ring (bicyclic) bond motifs is 1. The van der Waals surface area contributed by atoms with E-state index in [0.29, 0.717) is 19.5 Å². The van der Waals surface area contributed by atoms with Crippen molar-refractivity contribution in [1.82, 2.24) is 14.7 Å². The molecule has 5 nitrogen and oxygen atoms in total. The molecule has 1 amide bonds. The Labute approximate surface area is 130 Å². The summed E-state index contributed by atoms with van der Waals surface area (Å²) in [6, 6.07) is 4.01. The van der Waals surface area contributed by atoms with Gasteiger partial charge in [-0.2, -0.15) is 0 Å². The number of pyridine rings is 1. The third-order valence-corrected chi connectivity index (χ3v) is 4.83. The first-order valence-electron chi connectivity index (χ1n) is 8.09. The van der Waals surface area contributed by atoms with Crippen LogP contribution in [0.1, 0.15) is 44.1 Å². The van der Waals surface area contributed by atoms with Crippen LogP contribution in [0.4, 0.5) is 0 Å². The van der Waals surface area contributed by atoms with Crippen molar-refractivity contribution >= 4 is 11.6 Å². The molecule has 0 aromatic carbocycles. The van der Waals surface area contributed by atoms with Gasteiger partial charge in [0.05, 0.1) is 0 Å². The minimum absolute atomic E-state index is 0.0232. The molecule has 0 atom stereocenters. The van der Waals surface area contributed by atoms with Crippen LogP contribution >= 0.6 is 0 Å². The summed E-state index contributed by atoms with van der Waals surface area (Å²) in [5.74, 6) is 0.107. The molecule has 0 bridgehead atoms. The summed E-state index contributed by atoms with van der Waals surface area (Å²) < 4.78 is 1.96. The number of aromatic nitrogens is 2. The number of hydrogen-bond acceptors (Lipinski definition) is 3. The smallest absolute Gasteiger partial charge is 0.220 e. The first kappa shape index (κ1) is 15.0. The van der Waals surface area contributed by atoms with Gasteiger partial charge < -0.3 is 15.5 Å². The molecule has 5 heteroatoms. The van der Waals surface area contributed by atoms with Crippen molar-refractivity contribution in [3.63, 3.8) is 0 Å². The third-order valence-electron chi connectivity index (χ3n) is 4.83. The lowest BCUT2D eigenvalue weighted by Gasteiger charge is -2.35. The fourth-order valence-corrected chi connectivity index (χ4v) is 3.42. The Kier molecular flexibility index (Phi) is 4.43. The van der Waals surface area contributed by atoms with Crippen LogP contribution in [0.25, 0.3) is 5.65 Å². The maximum atomic E-state index is 12.3. The second-order valence-corrected chi connectivity index (χ2v) is 6.45. The quantitative estimate of drug-likeness (QED) is 0.889. The Balaban J connectivity index is 1.57. The molecule has 22 heavy (non-hydrogen) atoms. The van der Waals surface area contributed by atoms with E-state index >= 15 is 0 Å². The van der Waals surface area contributed by atoms with Crippen LogP contribution in [0.15, 0.2) is 30.7 Å². The highest BCUT2D eigenvalue weighted by Gasteiger charge is 2.32. The van der Waals surface area contributed by atoms with Crippen LogP contribution in [0, 0.1) is 5.41 Å². The molecule has 2 aromatic rings. The van der Waals surface area contributed by atoms with Gasteiger partial charge in [-0.05, 0) is 42.5 Å². The Hall–Kier alpha value is -1.88. The van der Waals surface area contributed by atoms with Crippen LogP contribution in [0.3, 0.4) is 0 Å². The van der Waals surface area contributed by atoms with E-state index in [9.17, 15) is 4.79 Å². The Morgan fingerprint density at radius 1 is 1.32 bits per heavy atom. The van der Waals surface area contributed by atoms with Gasteiger partial charge in [-0.3, -0.25) is 4.79 Å². The molecule has 3 N–H and O–H groups in total. The van der Waals surface area contributed by atoms with Crippen LogP contribution in [-0.2, 0) is 11.3 Å². The number of amides is 1. The molecule has 2 aromatic heterocycles. The summed E-state index contributed by atoms with van der Waals surface area (Å²) in [7, 11) is 0. The van der Waals surface area contributed by atoms with Crippen molar-refractivity contribution in [3.05, 3.63) is 36.3 Å². The molecule has 3 rings (SSSR count). The molecule has 0 aliphatic heterocycles. The highest BCUT2D eigenvalue weighted by molar-refractivity contribution is 5.76. The van der Waals surface area contributed by atoms with E-state index in [1.54, 1.807) is 6.20 Å². The summed E-state index contributed by atoms with van der Waals surface area (Å²) in [5, 5.41) is 3.03. The van der Waals surface area contributed by atoms with Crippen molar-refractivity contribution in [2.75, 3.05) is 6.54 Å². The van der Waals surface area contributed by atoms with Crippen LogP contribution in [0.2, 0.25) is 0 Å². The van der Waals surface area contributed by atoms with Crippen molar-refractivity contribution in [3.8, 4) is 0 Å². The first-order chi connectivity index (χ1) is 10.7. The third kappa shape index (κ3) is 3.30. The summed E-state index contributed by atoms with van der Waals surface area (Å²) in [6.07, 6.45) is 12.0. The van der Waals surface area contributed by atoms with Gasteiger partial charge >= 0.3 is 0 Å². The van der Waals surface area contributed by atoms with E-state index in [4.69, 9.17) is 5.73 Å². The molecule has 1 aliphatic carbocycles. The molecule has 0 spiro atoms. The average molecular weight is 300 g/mol. The highest BCUT2D eigenvalue weighted by atomic mass is 16.1. The number of carbonyl (C=O) groups excluding carboxylic acids is 1. The first-order valence-corrected chi connectivity index (χ1v) is 8.09. The lowest BCUT2D eigenvalue weighted by Crippen LogP contribution is -2.38. The Bertz CT molecular complexity index is 643. The highest BCUT2D eigenvalue weighted by Crippen LogP contribution is 2.38. The zero-order chi connectivity index (χ0) is 15.4. The zero-order valence-electron chi connectivity index (χ0n) is 12.9. The number of nitrogens with zero attached hydrogens (tertiary/aromatic N) is 2.